The highest BCUT2D eigenvalue weighted by Gasteiger charge is 2.12. The Kier molecular flexibility index (Phi) is 3.79. The van der Waals surface area contributed by atoms with Gasteiger partial charge >= 0.3 is 0 Å². The van der Waals surface area contributed by atoms with Crippen molar-refractivity contribution in [3.8, 4) is 12.3 Å². The monoisotopic (exact) mass is 273 g/mol. The van der Waals surface area contributed by atoms with Gasteiger partial charge in [-0.05, 0) is 17.7 Å². The lowest BCUT2D eigenvalue weighted by Gasteiger charge is -2.18. The zero-order valence-corrected chi connectivity index (χ0v) is 11.5. The molecule has 0 aliphatic heterocycles. The Morgan fingerprint density at radius 2 is 1.76 bits per heavy atom. The van der Waals surface area contributed by atoms with Crippen LogP contribution in [0.15, 0.2) is 60.9 Å². The third-order valence-corrected chi connectivity index (χ3v) is 3.38. The molecule has 1 unspecified atom stereocenters. The summed E-state index contributed by atoms with van der Waals surface area (Å²) < 4.78 is 0. The summed E-state index contributed by atoms with van der Waals surface area (Å²) >= 11 is 0. The zero-order valence-electron chi connectivity index (χ0n) is 11.5. The third-order valence-electron chi connectivity index (χ3n) is 3.38. The first-order chi connectivity index (χ1) is 10.4. The summed E-state index contributed by atoms with van der Waals surface area (Å²) in [6.07, 6.45) is 7.68. The summed E-state index contributed by atoms with van der Waals surface area (Å²) in [6.45, 7) is 0. The van der Waals surface area contributed by atoms with Gasteiger partial charge in [0, 0.05) is 11.8 Å². The van der Waals surface area contributed by atoms with Crippen LogP contribution in [0, 0.1) is 12.3 Å². The van der Waals surface area contributed by atoms with E-state index in [-0.39, 0.29) is 6.04 Å². The first-order valence-electron chi connectivity index (χ1n) is 6.83. The van der Waals surface area contributed by atoms with E-state index in [1.807, 2.05) is 42.5 Å². The molecule has 0 radical (unpaired) electrons. The van der Waals surface area contributed by atoms with Gasteiger partial charge in [0.25, 0.3) is 0 Å². The molecule has 102 valence electrons. The molecule has 1 N–H and O–H groups in total. The van der Waals surface area contributed by atoms with Gasteiger partial charge in [0.1, 0.15) is 12.1 Å². The molecule has 1 atom stereocenters. The topological polar surface area (TPSA) is 37.8 Å². The number of rotatable bonds is 4. The number of hydrogen-bond acceptors (Lipinski definition) is 3. The lowest BCUT2D eigenvalue weighted by atomic mass is 10.0. The number of anilines is 1. The average Bonchev–Trinajstić information content (AvgIpc) is 2.55. The molecule has 3 aromatic rings. The minimum Gasteiger partial charge on any atom is -0.362 e. The molecule has 0 aliphatic rings. The molecule has 3 rings (SSSR count). The van der Waals surface area contributed by atoms with E-state index in [1.165, 1.54) is 0 Å². The Morgan fingerprint density at radius 1 is 1.00 bits per heavy atom. The third kappa shape index (κ3) is 2.85. The summed E-state index contributed by atoms with van der Waals surface area (Å²) in [5, 5.41) is 4.44. The molecule has 21 heavy (non-hydrogen) atoms. The number of hydrogen-bond donors (Lipinski definition) is 1. The standard InChI is InChI=1S/C18H15N3/c1-2-8-16(14-9-4-3-5-10-14)21-18-15-11-6-7-12-17(15)19-13-20-18/h1,3-7,9-13,16H,8H2,(H,19,20,21). The fraction of sp³-hybridized carbons (Fsp3) is 0.111. The van der Waals surface area contributed by atoms with Gasteiger partial charge < -0.3 is 5.32 Å². The van der Waals surface area contributed by atoms with Gasteiger partial charge in [-0.3, -0.25) is 0 Å². The molecule has 3 nitrogen and oxygen atoms in total. The van der Waals surface area contributed by atoms with Gasteiger partial charge in [-0.2, -0.15) is 0 Å². The number of terminal acetylenes is 1. The first-order valence-corrected chi connectivity index (χ1v) is 6.83. The second-order valence-electron chi connectivity index (χ2n) is 4.76. The van der Waals surface area contributed by atoms with Gasteiger partial charge in [0.2, 0.25) is 0 Å². The van der Waals surface area contributed by atoms with Crippen molar-refractivity contribution in [3.63, 3.8) is 0 Å². The molecule has 1 heterocycles. The Labute approximate surface area is 124 Å². The molecule has 0 saturated heterocycles. The van der Waals surface area contributed by atoms with E-state index in [1.54, 1.807) is 6.33 Å². The van der Waals surface area contributed by atoms with Crippen LogP contribution in [0.3, 0.4) is 0 Å². The molecule has 3 heteroatoms. The SMILES string of the molecule is C#CCC(Nc1ncnc2ccccc12)c1ccccc1. The molecule has 0 aliphatic carbocycles. The van der Waals surface area contributed by atoms with E-state index < -0.39 is 0 Å². The molecule has 0 saturated carbocycles. The van der Waals surface area contributed by atoms with Crippen molar-refractivity contribution in [2.24, 2.45) is 0 Å². The second kappa shape index (κ2) is 6.06. The molecule has 2 aromatic carbocycles. The second-order valence-corrected chi connectivity index (χ2v) is 4.76. The van der Waals surface area contributed by atoms with Crippen LogP contribution < -0.4 is 5.32 Å². The minimum absolute atomic E-state index is 0.0366. The van der Waals surface area contributed by atoms with Gasteiger partial charge in [0.05, 0.1) is 11.6 Å². The fourth-order valence-corrected chi connectivity index (χ4v) is 2.34. The quantitative estimate of drug-likeness (QED) is 0.735. The minimum atomic E-state index is 0.0366. The highest BCUT2D eigenvalue weighted by Crippen LogP contribution is 2.25. The van der Waals surface area contributed by atoms with Crippen LogP contribution in [0.25, 0.3) is 10.9 Å². The van der Waals surface area contributed by atoms with E-state index in [0.29, 0.717) is 6.42 Å². The average molecular weight is 273 g/mol. The van der Waals surface area contributed by atoms with Gasteiger partial charge in [-0.1, -0.05) is 42.5 Å². The predicted molar refractivity (Wildman–Crippen MR) is 85.8 cm³/mol. The van der Waals surface area contributed by atoms with Gasteiger partial charge in [-0.25, -0.2) is 9.97 Å². The van der Waals surface area contributed by atoms with Crippen molar-refractivity contribution in [1.82, 2.24) is 9.97 Å². The van der Waals surface area contributed by atoms with E-state index in [0.717, 1.165) is 22.3 Å². The summed E-state index contributed by atoms with van der Waals surface area (Å²) in [7, 11) is 0. The highest BCUT2D eigenvalue weighted by molar-refractivity contribution is 5.88. The number of para-hydroxylation sites is 1. The largest absolute Gasteiger partial charge is 0.362 e. The molecule has 0 amide bonds. The van der Waals surface area contributed by atoms with Crippen LogP contribution in [-0.2, 0) is 0 Å². The van der Waals surface area contributed by atoms with Crippen LogP contribution in [0.1, 0.15) is 18.0 Å². The van der Waals surface area contributed by atoms with E-state index in [2.05, 4.69) is 33.3 Å². The van der Waals surface area contributed by atoms with Crippen molar-refractivity contribution < 1.29 is 0 Å². The maximum absolute atomic E-state index is 5.51. The Bertz CT molecular complexity index is 770. The van der Waals surface area contributed by atoms with Crippen molar-refractivity contribution in [3.05, 3.63) is 66.5 Å². The molecular formula is C18H15N3. The Balaban J connectivity index is 1.97. The van der Waals surface area contributed by atoms with Crippen molar-refractivity contribution in [1.29, 1.82) is 0 Å². The maximum atomic E-state index is 5.51. The van der Waals surface area contributed by atoms with Crippen LogP contribution >= 0.6 is 0 Å². The van der Waals surface area contributed by atoms with Crippen LogP contribution in [0.4, 0.5) is 5.82 Å². The van der Waals surface area contributed by atoms with Crippen molar-refractivity contribution >= 4 is 16.7 Å². The van der Waals surface area contributed by atoms with Crippen LogP contribution in [0.5, 0.6) is 0 Å². The predicted octanol–water partition coefficient (Wildman–Crippen LogP) is 3.81. The Hall–Kier alpha value is -2.86. The van der Waals surface area contributed by atoms with Crippen molar-refractivity contribution in [2.45, 2.75) is 12.5 Å². The number of benzene rings is 2. The number of nitrogens with one attached hydrogen (secondary N) is 1. The summed E-state index contributed by atoms with van der Waals surface area (Å²) in [5.74, 6) is 3.54. The zero-order chi connectivity index (χ0) is 14.5. The Morgan fingerprint density at radius 3 is 2.57 bits per heavy atom. The molecule has 0 fully saturated rings. The van der Waals surface area contributed by atoms with Gasteiger partial charge in [-0.15, -0.1) is 12.3 Å². The van der Waals surface area contributed by atoms with Crippen molar-refractivity contribution in [2.75, 3.05) is 5.32 Å². The van der Waals surface area contributed by atoms with E-state index in [9.17, 15) is 0 Å². The molecular weight excluding hydrogens is 258 g/mol. The lowest BCUT2D eigenvalue weighted by Crippen LogP contribution is -2.11. The van der Waals surface area contributed by atoms with E-state index >= 15 is 0 Å². The van der Waals surface area contributed by atoms with Crippen LogP contribution in [0.2, 0.25) is 0 Å². The fourth-order valence-electron chi connectivity index (χ4n) is 2.34. The summed E-state index contributed by atoms with van der Waals surface area (Å²) in [6, 6.07) is 18.1. The first kappa shape index (κ1) is 13.1. The number of fused-ring (bicyclic) bond motifs is 1. The molecule has 1 aromatic heterocycles. The van der Waals surface area contributed by atoms with Crippen LogP contribution in [-0.4, -0.2) is 9.97 Å². The number of aromatic nitrogens is 2. The normalized spacial score (nSPS) is 11.8. The molecule has 0 bridgehead atoms. The maximum Gasteiger partial charge on any atom is 0.137 e. The van der Waals surface area contributed by atoms with Gasteiger partial charge in [0.15, 0.2) is 0 Å². The summed E-state index contributed by atoms with van der Waals surface area (Å²) in [5.41, 5.74) is 2.07. The highest BCUT2D eigenvalue weighted by atomic mass is 15.0. The number of nitrogens with zero attached hydrogens (tertiary/aromatic N) is 2. The van der Waals surface area contributed by atoms with E-state index in [4.69, 9.17) is 6.42 Å². The lowest BCUT2D eigenvalue weighted by molar-refractivity contribution is 0.808. The summed E-state index contributed by atoms with van der Waals surface area (Å²) in [4.78, 5) is 8.64. The smallest absolute Gasteiger partial charge is 0.137 e. The molecule has 0 spiro atoms.